The first-order valence-corrected chi connectivity index (χ1v) is 9.17. The highest BCUT2D eigenvalue weighted by atomic mass is 32.2. The van der Waals surface area contributed by atoms with Gasteiger partial charge in [0.1, 0.15) is 0 Å². The zero-order valence-electron chi connectivity index (χ0n) is 13.9. The average molecular weight is 338 g/mol. The summed E-state index contributed by atoms with van der Waals surface area (Å²) in [6, 6.07) is 6.26. The van der Waals surface area contributed by atoms with Gasteiger partial charge in [0, 0.05) is 37.1 Å². The Balaban J connectivity index is 1.67. The van der Waals surface area contributed by atoms with Gasteiger partial charge in [-0.2, -0.15) is 11.8 Å². The lowest BCUT2D eigenvalue weighted by Gasteiger charge is -2.22. The van der Waals surface area contributed by atoms with Crippen molar-refractivity contribution < 1.29 is 14.3 Å². The summed E-state index contributed by atoms with van der Waals surface area (Å²) in [7, 11) is 3.27. The quantitative estimate of drug-likeness (QED) is 0.709. The maximum absolute atomic E-state index is 11.9. The number of thioether (sulfide) groups is 1. The molecule has 1 amide bonds. The molecule has 1 heterocycles. The second kappa shape index (κ2) is 9.67. The van der Waals surface area contributed by atoms with Gasteiger partial charge in [-0.25, -0.2) is 0 Å². The lowest BCUT2D eigenvalue weighted by atomic mass is 10.1. The minimum Gasteiger partial charge on any atom is -0.493 e. The van der Waals surface area contributed by atoms with Crippen LogP contribution in [0.2, 0.25) is 0 Å². The van der Waals surface area contributed by atoms with E-state index in [0.717, 1.165) is 42.4 Å². The Bertz CT molecular complexity index is 505. The number of aryl methyl sites for hydroxylation is 1. The fraction of sp³-hybridized carbons (Fsp3) is 0.588. The SMILES string of the molecule is COc1ccc(CCCNC(=O)CC2CSCCN2)cc1OC. The molecule has 0 radical (unpaired) electrons. The highest BCUT2D eigenvalue weighted by molar-refractivity contribution is 7.99. The summed E-state index contributed by atoms with van der Waals surface area (Å²) in [5.41, 5.74) is 1.18. The first-order chi connectivity index (χ1) is 11.2. The number of carbonyl (C=O) groups is 1. The Morgan fingerprint density at radius 3 is 2.87 bits per heavy atom. The standard InChI is InChI=1S/C17H26N2O3S/c1-21-15-6-5-13(10-16(15)22-2)4-3-7-19-17(20)11-14-12-23-9-8-18-14/h5-6,10,14,18H,3-4,7-9,11-12H2,1-2H3,(H,19,20). The number of rotatable bonds is 8. The summed E-state index contributed by atoms with van der Waals surface area (Å²) in [4.78, 5) is 11.9. The number of carbonyl (C=O) groups excluding carboxylic acids is 1. The Hall–Kier alpha value is -1.40. The summed E-state index contributed by atoms with van der Waals surface area (Å²) < 4.78 is 10.5. The van der Waals surface area contributed by atoms with Crippen molar-refractivity contribution in [2.24, 2.45) is 0 Å². The number of nitrogens with one attached hydrogen (secondary N) is 2. The topological polar surface area (TPSA) is 59.6 Å². The van der Waals surface area contributed by atoms with E-state index in [1.165, 1.54) is 5.56 Å². The first kappa shape index (κ1) is 17.9. The molecule has 1 aliphatic rings. The smallest absolute Gasteiger partial charge is 0.221 e. The molecule has 1 fully saturated rings. The van der Waals surface area contributed by atoms with Crippen LogP contribution in [0.15, 0.2) is 18.2 Å². The lowest BCUT2D eigenvalue weighted by Crippen LogP contribution is -2.41. The van der Waals surface area contributed by atoms with E-state index < -0.39 is 0 Å². The van der Waals surface area contributed by atoms with Crippen LogP contribution in [-0.2, 0) is 11.2 Å². The third-order valence-corrected chi connectivity index (χ3v) is 4.97. The van der Waals surface area contributed by atoms with Crippen molar-refractivity contribution in [2.75, 3.05) is 38.8 Å². The number of ether oxygens (including phenoxy) is 2. The molecule has 2 N–H and O–H groups in total. The summed E-state index contributed by atoms with van der Waals surface area (Å²) >= 11 is 1.91. The molecule has 1 aromatic rings. The van der Waals surface area contributed by atoms with Crippen LogP contribution in [0, 0.1) is 0 Å². The van der Waals surface area contributed by atoms with E-state index in [4.69, 9.17) is 9.47 Å². The van der Waals surface area contributed by atoms with Crippen LogP contribution < -0.4 is 20.1 Å². The summed E-state index contributed by atoms with van der Waals surface area (Å²) in [5.74, 6) is 3.79. The molecular weight excluding hydrogens is 312 g/mol. The van der Waals surface area contributed by atoms with Gasteiger partial charge < -0.3 is 20.1 Å². The summed E-state index contributed by atoms with van der Waals surface area (Å²) in [6.45, 7) is 1.70. The Morgan fingerprint density at radius 2 is 2.17 bits per heavy atom. The Morgan fingerprint density at radius 1 is 1.35 bits per heavy atom. The molecule has 1 unspecified atom stereocenters. The van der Waals surface area contributed by atoms with Gasteiger partial charge in [0.05, 0.1) is 14.2 Å². The predicted octanol–water partition coefficient (Wildman–Crippen LogP) is 1.85. The number of amides is 1. The van der Waals surface area contributed by atoms with Crippen LogP contribution in [0.25, 0.3) is 0 Å². The van der Waals surface area contributed by atoms with Gasteiger partial charge in [0.15, 0.2) is 11.5 Å². The number of methoxy groups -OCH3 is 2. The molecular formula is C17H26N2O3S. The molecule has 0 bridgehead atoms. The van der Waals surface area contributed by atoms with E-state index in [9.17, 15) is 4.79 Å². The highest BCUT2D eigenvalue weighted by Gasteiger charge is 2.16. The number of hydrogen-bond donors (Lipinski definition) is 2. The molecule has 5 nitrogen and oxygen atoms in total. The molecule has 1 aromatic carbocycles. The largest absolute Gasteiger partial charge is 0.493 e. The molecule has 2 rings (SSSR count). The number of hydrogen-bond acceptors (Lipinski definition) is 5. The predicted molar refractivity (Wildman–Crippen MR) is 94.6 cm³/mol. The molecule has 0 aromatic heterocycles. The Kier molecular flexibility index (Phi) is 7.55. The molecule has 6 heteroatoms. The van der Waals surface area contributed by atoms with Crippen molar-refractivity contribution in [3.8, 4) is 11.5 Å². The third-order valence-electron chi connectivity index (χ3n) is 3.84. The maximum atomic E-state index is 11.9. The fourth-order valence-electron chi connectivity index (χ4n) is 2.60. The normalized spacial score (nSPS) is 17.6. The molecule has 1 aliphatic heterocycles. The van der Waals surface area contributed by atoms with Crippen molar-refractivity contribution >= 4 is 17.7 Å². The van der Waals surface area contributed by atoms with Gasteiger partial charge in [-0.3, -0.25) is 4.79 Å². The van der Waals surface area contributed by atoms with Gasteiger partial charge in [-0.1, -0.05) is 6.07 Å². The van der Waals surface area contributed by atoms with Crippen molar-refractivity contribution in [1.29, 1.82) is 0 Å². The number of benzene rings is 1. The van der Waals surface area contributed by atoms with Crippen LogP contribution in [-0.4, -0.2) is 50.8 Å². The fourth-order valence-corrected chi connectivity index (χ4v) is 3.55. The van der Waals surface area contributed by atoms with Crippen LogP contribution in [0.4, 0.5) is 0 Å². The molecule has 0 saturated carbocycles. The lowest BCUT2D eigenvalue weighted by molar-refractivity contribution is -0.121. The molecule has 128 valence electrons. The van der Waals surface area contributed by atoms with E-state index in [2.05, 4.69) is 10.6 Å². The van der Waals surface area contributed by atoms with Crippen LogP contribution in [0.5, 0.6) is 11.5 Å². The van der Waals surface area contributed by atoms with E-state index in [1.807, 2.05) is 30.0 Å². The average Bonchev–Trinajstić information content (AvgIpc) is 2.59. The van der Waals surface area contributed by atoms with Crippen molar-refractivity contribution in [3.05, 3.63) is 23.8 Å². The van der Waals surface area contributed by atoms with E-state index in [1.54, 1.807) is 14.2 Å². The second-order valence-corrected chi connectivity index (χ2v) is 6.72. The van der Waals surface area contributed by atoms with E-state index in [0.29, 0.717) is 19.0 Å². The second-order valence-electron chi connectivity index (χ2n) is 5.57. The van der Waals surface area contributed by atoms with Gasteiger partial charge in [0.25, 0.3) is 0 Å². The van der Waals surface area contributed by atoms with Gasteiger partial charge >= 0.3 is 0 Å². The van der Waals surface area contributed by atoms with E-state index in [-0.39, 0.29) is 5.91 Å². The molecule has 0 aliphatic carbocycles. The van der Waals surface area contributed by atoms with E-state index >= 15 is 0 Å². The molecule has 23 heavy (non-hydrogen) atoms. The Labute approximate surface area is 142 Å². The van der Waals surface area contributed by atoms with Crippen LogP contribution >= 0.6 is 11.8 Å². The molecule has 1 saturated heterocycles. The summed E-state index contributed by atoms with van der Waals surface area (Å²) in [6.07, 6.45) is 2.38. The third kappa shape index (κ3) is 5.95. The van der Waals surface area contributed by atoms with Gasteiger partial charge in [0.2, 0.25) is 5.91 Å². The molecule has 1 atom stereocenters. The monoisotopic (exact) mass is 338 g/mol. The minimum absolute atomic E-state index is 0.136. The van der Waals surface area contributed by atoms with Gasteiger partial charge in [-0.05, 0) is 30.5 Å². The highest BCUT2D eigenvalue weighted by Crippen LogP contribution is 2.27. The van der Waals surface area contributed by atoms with Crippen LogP contribution in [0.3, 0.4) is 0 Å². The zero-order chi connectivity index (χ0) is 16.5. The van der Waals surface area contributed by atoms with Crippen molar-refractivity contribution in [3.63, 3.8) is 0 Å². The summed E-state index contributed by atoms with van der Waals surface area (Å²) in [5, 5.41) is 6.39. The van der Waals surface area contributed by atoms with Crippen molar-refractivity contribution in [1.82, 2.24) is 10.6 Å². The zero-order valence-corrected chi connectivity index (χ0v) is 14.7. The molecule has 0 spiro atoms. The van der Waals surface area contributed by atoms with Gasteiger partial charge in [-0.15, -0.1) is 0 Å². The first-order valence-electron chi connectivity index (χ1n) is 8.01. The maximum Gasteiger partial charge on any atom is 0.221 e. The minimum atomic E-state index is 0.136. The van der Waals surface area contributed by atoms with Crippen molar-refractivity contribution in [2.45, 2.75) is 25.3 Å². The van der Waals surface area contributed by atoms with Crippen LogP contribution in [0.1, 0.15) is 18.4 Å².